The fourth-order valence-corrected chi connectivity index (χ4v) is 3.48. The van der Waals surface area contributed by atoms with Gasteiger partial charge in [0, 0.05) is 12.6 Å². The topological polar surface area (TPSA) is 32.3 Å². The largest absolute Gasteiger partial charge is 0.389 e. The molecule has 1 aliphatic rings. The molecule has 21 heavy (non-hydrogen) atoms. The molecule has 1 aromatic rings. The second-order valence-electron chi connectivity index (χ2n) is 6.60. The van der Waals surface area contributed by atoms with Crippen molar-refractivity contribution in [3.63, 3.8) is 0 Å². The van der Waals surface area contributed by atoms with Gasteiger partial charge in [-0.3, -0.25) is 0 Å². The summed E-state index contributed by atoms with van der Waals surface area (Å²) < 4.78 is 0. The smallest absolute Gasteiger partial charge is 0.0766 e. The quantitative estimate of drug-likeness (QED) is 0.777. The van der Waals surface area contributed by atoms with Crippen molar-refractivity contribution in [1.29, 1.82) is 0 Å². The van der Waals surface area contributed by atoms with E-state index in [1.807, 2.05) is 0 Å². The molecule has 0 amide bonds. The van der Waals surface area contributed by atoms with Gasteiger partial charge < -0.3 is 10.4 Å². The van der Waals surface area contributed by atoms with Gasteiger partial charge >= 0.3 is 0 Å². The van der Waals surface area contributed by atoms with Crippen LogP contribution in [0.1, 0.15) is 70.4 Å². The van der Waals surface area contributed by atoms with Crippen LogP contribution < -0.4 is 5.32 Å². The van der Waals surface area contributed by atoms with Gasteiger partial charge in [0.15, 0.2) is 0 Å². The average molecular weight is 289 g/mol. The second kappa shape index (κ2) is 7.95. The molecule has 118 valence electrons. The minimum absolute atomic E-state index is 0.385. The maximum Gasteiger partial charge on any atom is 0.0766 e. The van der Waals surface area contributed by atoms with Gasteiger partial charge in [0.2, 0.25) is 0 Å². The highest BCUT2D eigenvalue weighted by molar-refractivity contribution is 5.20. The first kappa shape index (κ1) is 16.5. The summed E-state index contributed by atoms with van der Waals surface area (Å²) in [4.78, 5) is 0. The standard InChI is InChI=1S/C19H31NO/c1-3-19(21,4-2)15-20-18(16-11-7-5-8-12-16)17-13-9-6-10-14-17/h5,7-8,11-12,17-18,20-21H,3-4,6,9-10,13-15H2,1-2H3. The van der Waals surface area contributed by atoms with Gasteiger partial charge in [-0.2, -0.15) is 0 Å². The van der Waals surface area contributed by atoms with Crippen LogP contribution in [0.15, 0.2) is 30.3 Å². The van der Waals surface area contributed by atoms with Crippen LogP contribution in [0.2, 0.25) is 0 Å². The molecule has 1 aliphatic carbocycles. The van der Waals surface area contributed by atoms with E-state index >= 15 is 0 Å². The summed E-state index contributed by atoms with van der Waals surface area (Å²) in [5.41, 5.74) is 0.806. The van der Waals surface area contributed by atoms with Gasteiger partial charge in [0.25, 0.3) is 0 Å². The molecule has 1 atom stereocenters. The van der Waals surface area contributed by atoms with Crippen LogP contribution in [0.25, 0.3) is 0 Å². The van der Waals surface area contributed by atoms with Crippen LogP contribution in [0.5, 0.6) is 0 Å². The Morgan fingerprint density at radius 1 is 1.10 bits per heavy atom. The molecule has 2 nitrogen and oxygen atoms in total. The molecule has 1 fully saturated rings. The van der Waals surface area contributed by atoms with Crippen LogP contribution in [0.3, 0.4) is 0 Å². The first-order valence-electron chi connectivity index (χ1n) is 8.69. The van der Waals surface area contributed by atoms with Crippen molar-refractivity contribution >= 4 is 0 Å². The molecule has 2 rings (SSSR count). The lowest BCUT2D eigenvalue weighted by Gasteiger charge is -2.35. The van der Waals surface area contributed by atoms with E-state index in [4.69, 9.17) is 0 Å². The lowest BCUT2D eigenvalue weighted by Crippen LogP contribution is -2.43. The van der Waals surface area contributed by atoms with Crippen LogP contribution >= 0.6 is 0 Å². The Bertz CT molecular complexity index is 393. The normalized spacial score (nSPS) is 18.6. The monoisotopic (exact) mass is 289 g/mol. The summed E-state index contributed by atoms with van der Waals surface area (Å²) in [6.07, 6.45) is 8.31. The molecule has 2 heteroatoms. The Morgan fingerprint density at radius 2 is 1.71 bits per heavy atom. The number of rotatable bonds is 7. The van der Waals surface area contributed by atoms with Crippen LogP contribution in [0.4, 0.5) is 0 Å². The Labute approximate surface area is 130 Å². The van der Waals surface area contributed by atoms with Crippen LogP contribution in [-0.2, 0) is 0 Å². The molecular formula is C19H31NO. The molecule has 0 aromatic heterocycles. The van der Waals surface area contributed by atoms with Crippen molar-refractivity contribution in [3.8, 4) is 0 Å². The summed E-state index contributed by atoms with van der Waals surface area (Å²) in [7, 11) is 0. The predicted molar refractivity (Wildman–Crippen MR) is 89.3 cm³/mol. The maximum absolute atomic E-state index is 10.6. The lowest BCUT2D eigenvalue weighted by atomic mass is 9.80. The Morgan fingerprint density at radius 3 is 2.29 bits per heavy atom. The molecule has 0 aliphatic heterocycles. The Kier molecular flexibility index (Phi) is 6.25. The maximum atomic E-state index is 10.6. The molecule has 0 radical (unpaired) electrons. The zero-order chi connectivity index (χ0) is 15.1. The van der Waals surface area contributed by atoms with E-state index in [9.17, 15) is 5.11 Å². The van der Waals surface area contributed by atoms with E-state index in [-0.39, 0.29) is 0 Å². The van der Waals surface area contributed by atoms with Crippen molar-refractivity contribution < 1.29 is 5.11 Å². The third-order valence-corrected chi connectivity index (χ3v) is 5.25. The van der Waals surface area contributed by atoms with Gasteiger partial charge in [0.05, 0.1) is 5.60 Å². The highest BCUT2D eigenvalue weighted by atomic mass is 16.3. The summed E-state index contributed by atoms with van der Waals surface area (Å²) in [6.45, 7) is 4.84. The summed E-state index contributed by atoms with van der Waals surface area (Å²) in [6, 6.07) is 11.2. The Balaban J connectivity index is 2.08. The fourth-order valence-electron chi connectivity index (χ4n) is 3.48. The van der Waals surface area contributed by atoms with E-state index in [2.05, 4.69) is 49.5 Å². The zero-order valence-electron chi connectivity index (χ0n) is 13.6. The van der Waals surface area contributed by atoms with Gasteiger partial charge in [0.1, 0.15) is 0 Å². The van der Waals surface area contributed by atoms with E-state index in [0.29, 0.717) is 18.5 Å². The van der Waals surface area contributed by atoms with E-state index in [0.717, 1.165) is 12.8 Å². The minimum atomic E-state index is -0.568. The SMILES string of the molecule is CCC(O)(CC)CNC(c1ccccc1)C1CCCCC1. The molecule has 0 spiro atoms. The van der Waals surface area contributed by atoms with E-state index < -0.39 is 5.60 Å². The van der Waals surface area contributed by atoms with Gasteiger partial charge in [-0.25, -0.2) is 0 Å². The first-order valence-corrected chi connectivity index (χ1v) is 8.69. The molecule has 1 unspecified atom stereocenters. The van der Waals surface area contributed by atoms with E-state index in [1.165, 1.54) is 37.7 Å². The summed E-state index contributed by atoms with van der Waals surface area (Å²) in [5, 5.41) is 14.3. The average Bonchev–Trinajstić information content (AvgIpc) is 2.57. The van der Waals surface area contributed by atoms with Gasteiger partial charge in [-0.1, -0.05) is 63.4 Å². The molecule has 0 bridgehead atoms. The number of benzene rings is 1. The molecule has 0 saturated heterocycles. The van der Waals surface area contributed by atoms with Crippen LogP contribution in [0, 0.1) is 5.92 Å². The second-order valence-corrected chi connectivity index (χ2v) is 6.60. The van der Waals surface area contributed by atoms with Crippen molar-refractivity contribution in [3.05, 3.63) is 35.9 Å². The van der Waals surface area contributed by atoms with Crippen molar-refractivity contribution in [2.75, 3.05) is 6.54 Å². The van der Waals surface area contributed by atoms with Crippen molar-refractivity contribution in [2.45, 2.75) is 70.4 Å². The third-order valence-electron chi connectivity index (χ3n) is 5.25. The fraction of sp³-hybridized carbons (Fsp3) is 0.684. The Hall–Kier alpha value is -0.860. The summed E-state index contributed by atoms with van der Waals surface area (Å²) in [5.74, 6) is 0.708. The lowest BCUT2D eigenvalue weighted by molar-refractivity contribution is 0.0268. The molecule has 1 saturated carbocycles. The first-order chi connectivity index (χ1) is 10.2. The van der Waals surface area contributed by atoms with Crippen molar-refractivity contribution in [1.82, 2.24) is 5.32 Å². The zero-order valence-corrected chi connectivity index (χ0v) is 13.6. The van der Waals surface area contributed by atoms with Gasteiger partial charge in [-0.15, -0.1) is 0 Å². The van der Waals surface area contributed by atoms with Crippen LogP contribution in [-0.4, -0.2) is 17.3 Å². The number of hydrogen-bond acceptors (Lipinski definition) is 2. The summed E-state index contributed by atoms with van der Waals surface area (Å²) >= 11 is 0. The highest BCUT2D eigenvalue weighted by Gasteiger charge is 2.28. The molecular weight excluding hydrogens is 258 g/mol. The molecule has 1 aromatic carbocycles. The highest BCUT2D eigenvalue weighted by Crippen LogP contribution is 2.34. The predicted octanol–water partition coefficient (Wildman–Crippen LogP) is 4.45. The van der Waals surface area contributed by atoms with Gasteiger partial charge in [-0.05, 0) is 37.2 Å². The number of aliphatic hydroxyl groups is 1. The minimum Gasteiger partial charge on any atom is -0.389 e. The molecule has 0 heterocycles. The third kappa shape index (κ3) is 4.55. The van der Waals surface area contributed by atoms with Crippen molar-refractivity contribution in [2.24, 2.45) is 5.92 Å². The number of hydrogen-bond donors (Lipinski definition) is 2. The molecule has 2 N–H and O–H groups in total. The number of nitrogens with one attached hydrogen (secondary N) is 1. The van der Waals surface area contributed by atoms with E-state index in [1.54, 1.807) is 0 Å².